The molecule has 0 bridgehead atoms. The molecule has 0 fully saturated rings. The van der Waals surface area contributed by atoms with Crippen LogP contribution in [0.3, 0.4) is 0 Å². The number of hydrogen-bond donors (Lipinski definition) is 1. The Balaban J connectivity index is 1.79. The number of benzene rings is 3. The molecule has 1 N–H and O–H groups in total. The summed E-state index contributed by atoms with van der Waals surface area (Å²) in [4.78, 5) is 23.6. The predicted molar refractivity (Wildman–Crippen MR) is 99.6 cm³/mol. The summed E-state index contributed by atoms with van der Waals surface area (Å²) in [7, 11) is 0. The Hall–Kier alpha value is -2.85. The van der Waals surface area contributed by atoms with E-state index in [1.807, 2.05) is 42.5 Å². The Labute approximate surface area is 156 Å². The third kappa shape index (κ3) is 4.41. The minimum absolute atomic E-state index is 0.165. The molecule has 0 aromatic heterocycles. The number of carboxylic acids is 1. The normalized spacial score (nSPS) is 11.9. The molecule has 0 saturated carbocycles. The fourth-order valence-electron chi connectivity index (χ4n) is 2.98. The number of carbonyl (C=O) groups excluding carboxylic acids is 2. The van der Waals surface area contributed by atoms with Crippen LogP contribution in [-0.4, -0.2) is 11.9 Å². The summed E-state index contributed by atoms with van der Waals surface area (Å²) < 4.78 is 0. The average Bonchev–Trinajstić information content (AvgIpc) is 2.62. The lowest BCUT2D eigenvalue weighted by Gasteiger charge is -2.20. The minimum Gasteiger partial charge on any atom is -0.550 e. The molecule has 0 heterocycles. The number of hydrogen-bond acceptors (Lipinski definition) is 3. The van der Waals surface area contributed by atoms with Crippen molar-refractivity contribution in [2.45, 2.75) is 18.9 Å². The van der Waals surface area contributed by atoms with Crippen molar-refractivity contribution in [2.75, 3.05) is 0 Å². The number of carboxylic acid groups (broad SMARTS) is 1. The second-order valence-corrected chi connectivity index (χ2v) is 6.50. The Morgan fingerprint density at radius 2 is 1.65 bits per heavy atom. The molecule has 3 aromatic carbocycles. The first-order chi connectivity index (χ1) is 12.5. The van der Waals surface area contributed by atoms with Crippen LogP contribution in [0.1, 0.15) is 23.6 Å². The summed E-state index contributed by atoms with van der Waals surface area (Å²) >= 11 is 5.87. The first-order valence-corrected chi connectivity index (χ1v) is 8.62. The van der Waals surface area contributed by atoms with Crippen LogP contribution in [0, 0.1) is 0 Å². The maximum absolute atomic E-state index is 12.5. The zero-order valence-electron chi connectivity index (χ0n) is 13.9. The summed E-state index contributed by atoms with van der Waals surface area (Å²) in [6.07, 6.45) is -0.137. The van der Waals surface area contributed by atoms with Crippen LogP contribution in [0.2, 0.25) is 5.02 Å². The van der Waals surface area contributed by atoms with Gasteiger partial charge in [-0.3, -0.25) is 4.79 Å². The van der Waals surface area contributed by atoms with Gasteiger partial charge in [0, 0.05) is 17.4 Å². The molecule has 26 heavy (non-hydrogen) atoms. The highest BCUT2D eigenvalue weighted by Crippen LogP contribution is 2.21. The molecule has 0 spiro atoms. The molecule has 0 aliphatic carbocycles. The van der Waals surface area contributed by atoms with Crippen molar-refractivity contribution >= 4 is 34.2 Å². The second kappa shape index (κ2) is 8.02. The second-order valence-electron chi connectivity index (χ2n) is 6.06. The number of rotatable bonds is 6. The van der Waals surface area contributed by atoms with Gasteiger partial charge in [0.2, 0.25) is 5.91 Å². The molecule has 1 amide bonds. The molecule has 1 atom stereocenters. The van der Waals surface area contributed by atoms with E-state index in [2.05, 4.69) is 5.32 Å². The quantitative estimate of drug-likeness (QED) is 0.729. The summed E-state index contributed by atoms with van der Waals surface area (Å²) in [5, 5.41) is 16.5. The molecule has 0 aliphatic rings. The molecular weight excluding hydrogens is 350 g/mol. The van der Waals surface area contributed by atoms with Crippen molar-refractivity contribution in [3.8, 4) is 0 Å². The maximum Gasteiger partial charge on any atom is 0.224 e. The van der Waals surface area contributed by atoms with Crippen molar-refractivity contribution in [1.82, 2.24) is 5.32 Å². The molecule has 5 heteroatoms. The van der Waals surface area contributed by atoms with Crippen LogP contribution >= 0.6 is 11.6 Å². The monoisotopic (exact) mass is 366 g/mol. The van der Waals surface area contributed by atoms with Gasteiger partial charge in [0.1, 0.15) is 0 Å². The van der Waals surface area contributed by atoms with E-state index in [1.165, 1.54) is 0 Å². The van der Waals surface area contributed by atoms with E-state index in [0.29, 0.717) is 10.6 Å². The number of aliphatic carboxylic acids is 1. The highest BCUT2D eigenvalue weighted by molar-refractivity contribution is 6.30. The lowest BCUT2D eigenvalue weighted by atomic mass is 10.0. The summed E-state index contributed by atoms with van der Waals surface area (Å²) in [6, 6.07) is 19.7. The van der Waals surface area contributed by atoms with Crippen LogP contribution in [0.4, 0.5) is 0 Å². The van der Waals surface area contributed by atoms with Gasteiger partial charge in [-0.15, -0.1) is 0 Å². The van der Waals surface area contributed by atoms with Gasteiger partial charge in [-0.05, 0) is 34.0 Å². The van der Waals surface area contributed by atoms with Gasteiger partial charge < -0.3 is 15.2 Å². The molecule has 4 nitrogen and oxygen atoms in total. The van der Waals surface area contributed by atoms with E-state index in [9.17, 15) is 14.7 Å². The van der Waals surface area contributed by atoms with Gasteiger partial charge in [0.05, 0.1) is 12.5 Å². The number of nitrogens with one attached hydrogen (secondary N) is 1. The SMILES string of the molecule is O=C([O-])C[C@H](NC(=O)Cc1cccc2ccccc12)c1ccc(Cl)cc1. The Morgan fingerprint density at radius 3 is 2.38 bits per heavy atom. The third-order valence-corrected chi connectivity index (χ3v) is 4.46. The fraction of sp³-hybridized carbons (Fsp3) is 0.143. The van der Waals surface area contributed by atoms with Crippen molar-refractivity contribution in [3.63, 3.8) is 0 Å². The number of amides is 1. The van der Waals surface area contributed by atoms with Gasteiger partial charge >= 0.3 is 0 Å². The molecule has 0 saturated heterocycles. The average molecular weight is 367 g/mol. The topological polar surface area (TPSA) is 69.2 Å². The fourth-order valence-corrected chi connectivity index (χ4v) is 3.10. The van der Waals surface area contributed by atoms with E-state index >= 15 is 0 Å². The Bertz CT molecular complexity index is 932. The number of carbonyl (C=O) groups is 2. The Kier molecular flexibility index (Phi) is 5.54. The van der Waals surface area contributed by atoms with Crippen LogP contribution < -0.4 is 10.4 Å². The third-order valence-electron chi connectivity index (χ3n) is 4.21. The molecule has 0 radical (unpaired) electrons. The van der Waals surface area contributed by atoms with E-state index < -0.39 is 12.0 Å². The minimum atomic E-state index is -1.23. The highest BCUT2D eigenvalue weighted by Gasteiger charge is 2.16. The molecule has 3 aromatic rings. The van der Waals surface area contributed by atoms with Crippen molar-refractivity contribution in [1.29, 1.82) is 0 Å². The first-order valence-electron chi connectivity index (χ1n) is 8.24. The largest absolute Gasteiger partial charge is 0.550 e. The maximum atomic E-state index is 12.5. The molecule has 3 rings (SSSR count). The van der Waals surface area contributed by atoms with Gasteiger partial charge in [-0.1, -0.05) is 66.2 Å². The van der Waals surface area contributed by atoms with Crippen LogP contribution in [-0.2, 0) is 16.0 Å². The Morgan fingerprint density at radius 1 is 0.962 bits per heavy atom. The lowest BCUT2D eigenvalue weighted by molar-refractivity contribution is -0.306. The van der Waals surface area contributed by atoms with Crippen LogP contribution in [0.5, 0.6) is 0 Å². The lowest BCUT2D eigenvalue weighted by Crippen LogP contribution is -2.35. The van der Waals surface area contributed by atoms with E-state index in [-0.39, 0.29) is 18.7 Å². The molecule has 0 aliphatic heterocycles. The van der Waals surface area contributed by atoms with Gasteiger partial charge in [-0.2, -0.15) is 0 Å². The first kappa shape index (κ1) is 18.0. The number of fused-ring (bicyclic) bond motifs is 1. The van der Waals surface area contributed by atoms with Crippen molar-refractivity contribution < 1.29 is 14.7 Å². The summed E-state index contributed by atoms with van der Waals surface area (Å²) in [5.74, 6) is -1.47. The van der Waals surface area contributed by atoms with Crippen LogP contribution in [0.15, 0.2) is 66.7 Å². The van der Waals surface area contributed by atoms with E-state index in [4.69, 9.17) is 11.6 Å². The standard InChI is InChI=1S/C21H18ClNO3/c22-17-10-8-15(9-11-17)19(13-21(25)26)23-20(24)12-16-6-3-5-14-4-1-2-7-18(14)16/h1-11,19H,12-13H2,(H,23,24)(H,25,26)/p-1/t19-/m0/s1. The molecular formula is C21H17ClNO3-. The van der Waals surface area contributed by atoms with Gasteiger partial charge in [0.25, 0.3) is 0 Å². The zero-order valence-corrected chi connectivity index (χ0v) is 14.7. The van der Waals surface area contributed by atoms with Crippen molar-refractivity contribution in [2.24, 2.45) is 0 Å². The summed E-state index contributed by atoms with van der Waals surface area (Å²) in [6.45, 7) is 0. The number of halogens is 1. The molecule has 0 unspecified atom stereocenters. The molecule has 132 valence electrons. The van der Waals surface area contributed by atoms with E-state index in [0.717, 1.165) is 16.3 Å². The van der Waals surface area contributed by atoms with Crippen molar-refractivity contribution in [3.05, 3.63) is 82.9 Å². The van der Waals surface area contributed by atoms with Gasteiger partial charge in [-0.25, -0.2) is 0 Å². The summed E-state index contributed by atoms with van der Waals surface area (Å²) in [5.41, 5.74) is 1.56. The smallest absolute Gasteiger partial charge is 0.224 e. The van der Waals surface area contributed by atoms with Crippen LogP contribution in [0.25, 0.3) is 10.8 Å². The zero-order chi connectivity index (χ0) is 18.5. The predicted octanol–water partition coefficient (Wildman–Crippen LogP) is 3.03. The van der Waals surface area contributed by atoms with E-state index in [1.54, 1.807) is 24.3 Å². The highest BCUT2D eigenvalue weighted by atomic mass is 35.5. The van der Waals surface area contributed by atoms with Gasteiger partial charge in [0.15, 0.2) is 0 Å².